The van der Waals surface area contributed by atoms with E-state index in [0.29, 0.717) is 6.07 Å². The Hall–Kier alpha value is -2.90. The van der Waals surface area contributed by atoms with Crippen molar-refractivity contribution in [3.05, 3.63) is 59.9 Å². The summed E-state index contributed by atoms with van der Waals surface area (Å²) in [5.41, 5.74) is 0.368. The highest BCUT2D eigenvalue weighted by molar-refractivity contribution is 5.91. The molecule has 1 N–H and O–H groups in total. The van der Waals surface area contributed by atoms with Crippen LogP contribution in [-0.2, 0) is 11.3 Å². The highest BCUT2D eigenvalue weighted by Crippen LogP contribution is 2.18. The van der Waals surface area contributed by atoms with Crippen LogP contribution in [0, 0.1) is 23.3 Å². The van der Waals surface area contributed by atoms with Crippen molar-refractivity contribution >= 4 is 22.6 Å². The topological polar surface area (TPSA) is 46.9 Å². The quantitative estimate of drug-likeness (QED) is 0.752. The van der Waals surface area contributed by atoms with Crippen molar-refractivity contribution in [1.82, 2.24) is 9.55 Å². The van der Waals surface area contributed by atoms with E-state index in [9.17, 15) is 22.4 Å². The van der Waals surface area contributed by atoms with Gasteiger partial charge in [0.15, 0.2) is 11.6 Å². The molecule has 0 aliphatic carbocycles. The second kappa shape index (κ2) is 5.71. The highest BCUT2D eigenvalue weighted by atomic mass is 19.2. The summed E-state index contributed by atoms with van der Waals surface area (Å²) in [5, 5.41) is 2.32. The van der Waals surface area contributed by atoms with Crippen molar-refractivity contribution in [3.63, 3.8) is 0 Å². The zero-order valence-electron chi connectivity index (χ0n) is 11.5. The Morgan fingerprint density at radius 1 is 1.00 bits per heavy atom. The number of nitrogens with zero attached hydrogens (tertiary/aromatic N) is 2. The van der Waals surface area contributed by atoms with Crippen LogP contribution in [0.25, 0.3) is 11.0 Å². The maximum atomic E-state index is 13.3. The van der Waals surface area contributed by atoms with Gasteiger partial charge in [-0.2, -0.15) is 0 Å². The van der Waals surface area contributed by atoms with Gasteiger partial charge in [0.25, 0.3) is 0 Å². The third-order valence-electron chi connectivity index (χ3n) is 3.12. The Kier molecular flexibility index (Phi) is 3.73. The number of nitrogens with one attached hydrogen (secondary N) is 1. The number of halogens is 4. The molecule has 4 nitrogen and oxygen atoms in total. The lowest BCUT2D eigenvalue weighted by Gasteiger charge is -2.07. The molecular weight excluding hydrogens is 314 g/mol. The number of anilines is 1. The molecule has 8 heteroatoms. The molecule has 0 aliphatic rings. The fourth-order valence-corrected chi connectivity index (χ4v) is 2.16. The summed E-state index contributed by atoms with van der Waals surface area (Å²) in [6.07, 6.45) is 1.25. The molecule has 3 rings (SSSR count). The highest BCUT2D eigenvalue weighted by Gasteiger charge is 2.12. The molecule has 0 radical (unpaired) electrons. The van der Waals surface area contributed by atoms with E-state index in [2.05, 4.69) is 10.3 Å². The predicted octanol–water partition coefficient (Wildman–Crippen LogP) is 3.23. The monoisotopic (exact) mass is 323 g/mol. The Labute approximate surface area is 127 Å². The van der Waals surface area contributed by atoms with Crippen molar-refractivity contribution < 1.29 is 22.4 Å². The Balaban J connectivity index is 1.81. The van der Waals surface area contributed by atoms with E-state index in [0.717, 1.165) is 24.3 Å². The van der Waals surface area contributed by atoms with Crippen LogP contribution < -0.4 is 5.32 Å². The zero-order valence-corrected chi connectivity index (χ0v) is 11.5. The number of aromatic nitrogens is 2. The van der Waals surface area contributed by atoms with Crippen LogP contribution in [0.2, 0.25) is 0 Å². The van der Waals surface area contributed by atoms with E-state index in [1.54, 1.807) is 0 Å². The molecule has 0 fully saturated rings. The summed E-state index contributed by atoms with van der Waals surface area (Å²) < 4.78 is 53.8. The molecule has 3 aromatic rings. The van der Waals surface area contributed by atoms with Crippen molar-refractivity contribution in [2.75, 3.05) is 5.32 Å². The third kappa shape index (κ3) is 3.15. The fourth-order valence-electron chi connectivity index (χ4n) is 2.16. The number of carbonyl (C=O) groups excluding carboxylic acids is 1. The van der Waals surface area contributed by atoms with E-state index in [1.165, 1.54) is 10.9 Å². The molecule has 23 heavy (non-hydrogen) atoms. The van der Waals surface area contributed by atoms with Crippen LogP contribution in [0.15, 0.2) is 36.7 Å². The van der Waals surface area contributed by atoms with Crippen LogP contribution in [-0.4, -0.2) is 15.5 Å². The summed E-state index contributed by atoms with van der Waals surface area (Å²) in [6, 6.07) is 4.44. The van der Waals surface area contributed by atoms with E-state index in [1.807, 2.05) is 0 Å². The van der Waals surface area contributed by atoms with Crippen LogP contribution in [0.1, 0.15) is 0 Å². The molecule has 0 bridgehead atoms. The molecular formula is C15H9F4N3O. The standard InChI is InChI=1S/C15H9F4N3O/c16-8-1-9(17)3-10(2-8)21-15(23)6-22-7-20-13-4-11(18)12(19)5-14(13)22/h1-5,7H,6H2,(H,21,23). The van der Waals surface area contributed by atoms with Gasteiger partial charge in [-0.1, -0.05) is 0 Å². The van der Waals surface area contributed by atoms with Gasteiger partial charge >= 0.3 is 0 Å². The van der Waals surface area contributed by atoms with Gasteiger partial charge < -0.3 is 9.88 Å². The molecule has 1 aromatic heterocycles. The molecule has 1 amide bonds. The lowest BCUT2D eigenvalue weighted by atomic mass is 10.3. The van der Waals surface area contributed by atoms with Crippen LogP contribution in [0.3, 0.4) is 0 Å². The number of carbonyl (C=O) groups is 1. The number of fused-ring (bicyclic) bond motifs is 1. The molecule has 0 unspecified atom stereocenters. The third-order valence-corrected chi connectivity index (χ3v) is 3.12. The van der Waals surface area contributed by atoms with Crippen molar-refractivity contribution in [2.24, 2.45) is 0 Å². The number of benzene rings is 2. The van der Waals surface area contributed by atoms with Gasteiger partial charge in [0.05, 0.1) is 17.4 Å². The number of rotatable bonds is 3. The minimum absolute atomic E-state index is 0.0471. The maximum absolute atomic E-state index is 13.3. The number of hydrogen-bond acceptors (Lipinski definition) is 2. The minimum Gasteiger partial charge on any atom is -0.324 e. The van der Waals surface area contributed by atoms with E-state index in [-0.39, 0.29) is 23.3 Å². The van der Waals surface area contributed by atoms with Crippen LogP contribution in [0.5, 0.6) is 0 Å². The molecule has 0 saturated carbocycles. The molecule has 2 aromatic carbocycles. The molecule has 0 spiro atoms. The normalized spacial score (nSPS) is 11.0. The van der Waals surface area contributed by atoms with E-state index >= 15 is 0 Å². The average Bonchev–Trinajstić information content (AvgIpc) is 2.80. The van der Waals surface area contributed by atoms with Gasteiger partial charge in [-0.3, -0.25) is 4.79 Å². The van der Waals surface area contributed by atoms with Crippen molar-refractivity contribution in [3.8, 4) is 0 Å². The molecule has 0 aliphatic heterocycles. The smallest absolute Gasteiger partial charge is 0.244 e. The number of amides is 1. The summed E-state index contributed by atoms with van der Waals surface area (Å²) in [4.78, 5) is 15.8. The summed E-state index contributed by atoms with van der Waals surface area (Å²) in [5.74, 6) is -4.36. The maximum Gasteiger partial charge on any atom is 0.244 e. The molecule has 1 heterocycles. The first-order chi connectivity index (χ1) is 10.9. The first kappa shape index (κ1) is 15.0. The minimum atomic E-state index is -1.06. The van der Waals surface area contributed by atoms with Crippen molar-refractivity contribution in [1.29, 1.82) is 0 Å². The molecule has 0 saturated heterocycles. The second-order valence-corrected chi connectivity index (χ2v) is 4.83. The summed E-state index contributed by atoms with van der Waals surface area (Å²) in [6.45, 7) is -0.278. The Morgan fingerprint density at radius 2 is 1.65 bits per heavy atom. The van der Waals surface area contributed by atoms with Gasteiger partial charge in [0.1, 0.15) is 18.2 Å². The molecule has 0 atom stereocenters. The number of hydrogen-bond donors (Lipinski definition) is 1. The summed E-state index contributed by atoms with van der Waals surface area (Å²) >= 11 is 0. The number of imidazole rings is 1. The van der Waals surface area contributed by atoms with Gasteiger partial charge in [-0.15, -0.1) is 0 Å². The molecule has 118 valence electrons. The van der Waals surface area contributed by atoms with Gasteiger partial charge in [0.2, 0.25) is 5.91 Å². The van der Waals surface area contributed by atoms with Crippen LogP contribution in [0.4, 0.5) is 23.2 Å². The summed E-state index contributed by atoms with van der Waals surface area (Å²) in [7, 11) is 0. The van der Waals surface area contributed by atoms with Crippen molar-refractivity contribution in [2.45, 2.75) is 6.54 Å². The second-order valence-electron chi connectivity index (χ2n) is 4.83. The van der Waals surface area contributed by atoms with Crippen LogP contribution >= 0.6 is 0 Å². The van der Waals surface area contributed by atoms with E-state index < -0.39 is 29.2 Å². The lowest BCUT2D eigenvalue weighted by molar-refractivity contribution is -0.116. The first-order valence-corrected chi connectivity index (χ1v) is 6.48. The van der Waals surface area contributed by atoms with Gasteiger partial charge in [0, 0.05) is 23.9 Å². The predicted molar refractivity (Wildman–Crippen MR) is 74.6 cm³/mol. The fraction of sp³-hybridized carbons (Fsp3) is 0.0667. The lowest BCUT2D eigenvalue weighted by Crippen LogP contribution is -2.18. The Bertz CT molecular complexity index is 887. The van der Waals surface area contributed by atoms with Gasteiger partial charge in [-0.05, 0) is 12.1 Å². The first-order valence-electron chi connectivity index (χ1n) is 6.48. The zero-order chi connectivity index (χ0) is 16.6. The average molecular weight is 323 g/mol. The Morgan fingerprint density at radius 3 is 2.35 bits per heavy atom. The largest absolute Gasteiger partial charge is 0.324 e. The SMILES string of the molecule is O=C(Cn1cnc2cc(F)c(F)cc21)Nc1cc(F)cc(F)c1. The van der Waals surface area contributed by atoms with Gasteiger partial charge in [-0.25, -0.2) is 22.5 Å². The van der Waals surface area contributed by atoms with E-state index in [4.69, 9.17) is 0 Å².